The number of rotatable bonds is 2. The van der Waals surface area contributed by atoms with Gasteiger partial charge in [0.1, 0.15) is 24.9 Å². The molecule has 1 aromatic rings. The minimum Gasteiger partial charge on any atom is -0.342 e. The zero-order chi connectivity index (χ0) is 12.6. The number of fused-ring (bicyclic) bond motifs is 1. The van der Waals surface area contributed by atoms with Gasteiger partial charge in [-0.2, -0.15) is 0 Å². The van der Waals surface area contributed by atoms with Crippen LogP contribution in [-0.2, 0) is 25.7 Å². The van der Waals surface area contributed by atoms with Crippen molar-refractivity contribution in [1.82, 2.24) is 0 Å². The Hall–Kier alpha value is -0.940. The predicted molar refractivity (Wildman–Crippen MR) is 64.8 cm³/mol. The van der Waals surface area contributed by atoms with Gasteiger partial charge >= 0.3 is 0 Å². The van der Waals surface area contributed by atoms with Crippen LogP contribution < -0.4 is 0 Å². The van der Waals surface area contributed by atoms with Crippen LogP contribution in [0.3, 0.4) is 0 Å². The molecule has 0 radical (unpaired) electrons. The average molecular weight is 250 g/mol. The number of benzene rings is 1. The molecular formula is C14H18O4. The molecule has 4 heteroatoms. The van der Waals surface area contributed by atoms with Crippen LogP contribution in [0.2, 0.25) is 0 Å². The summed E-state index contributed by atoms with van der Waals surface area (Å²) in [6.07, 6.45) is 0.687. The fraction of sp³-hybridized carbons (Fsp3) is 0.571. The minimum atomic E-state index is -0.587. The Bertz CT molecular complexity index is 417. The quantitative estimate of drug-likeness (QED) is 0.753. The van der Waals surface area contributed by atoms with Crippen LogP contribution in [0.1, 0.15) is 19.4 Å². The molecule has 0 aliphatic carbocycles. The summed E-state index contributed by atoms with van der Waals surface area (Å²) < 4.78 is 12.0. The topological polar surface area (TPSA) is 36.9 Å². The van der Waals surface area contributed by atoms with Crippen LogP contribution in [0.25, 0.3) is 0 Å². The molecule has 0 amide bonds. The molecule has 98 valence electrons. The second-order valence-corrected chi connectivity index (χ2v) is 5.38. The molecule has 2 atom stereocenters. The third kappa shape index (κ3) is 2.17. The van der Waals surface area contributed by atoms with Gasteiger partial charge in [0.25, 0.3) is 0 Å². The summed E-state index contributed by atoms with van der Waals surface area (Å²) in [6.45, 7) is 4.67. The fourth-order valence-corrected chi connectivity index (χ4v) is 2.73. The summed E-state index contributed by atoms with van der Waals surface area (Å²) in [7, 11) is 0. The van der Waals surface area contributed by atoms with Gasteiger partial charge in [0, 0.05) is 6.42 Å². The van der Waals surface area contributed by atoms with E-state index in [1.165, 1.54) is 5.56 Å². The smallest absolute Gasteiger partial charge is 0.164 e. The van der Waals surface area contributed by atoms with E-state index in [-0.39, 0.29) is 6.10 Å². The number of hydrogen-bond donors (Lipinski definition) is 0. The molecule has 1 aromatic carbocycles. The van der Waals surface area contributed by atoms with E-state index in [0.717, 1.165) is 6.42 Å². The predicted octanol–water partition coefficient (Wildman–Crippen LogP) is 2.08. The summed E-state index contributed by atoms with van der Waals surface area (Å²) in [4.78, 5) is 10.2. The van der Waals surface area contributed by atoms with Crippen molar-refractivity contribution >= 4 is 0 Å². The normalized spacial score (nSPS) is 34.2. The monoisotopic (exact) mass is 250 g/mol. The molecule has 0 saturated carbocycles. The summed E-state index contributed by atoms with van der Waals surface area (Å²) in [5.74, 6) is -0.587. The molecule has 0 spiro atoms. The maximum absolute atomic E-state index is 6.12. The van der Waals surface area contributed by atoms with E-state index in [0.29, 0.717) is 13.2 Å². The first-order chi connectivity index (χ1) is 8.60. The zero-order valence-corrected chi connectivity index (χ0v) is 10.7. The Kier molecular flexibility index (Phi) is 2.90. The van der Waals surface area contributed by atoms with E-state index in [9.17, 15) is 0 Å². The zero-order valence-electron chi connectivity index (χ0n) is 10.7. The highest BCUT2D eigenvalue weighted by atomic mass is 17.2. The van der Waals surface area contributed by atoms with Gasteiger partial charge in [-0.15, -0.1) is 0 Å². The number of ether oxygens (including phenoxy) is 2. The van der Waals surface area contributed by atoms with Gasteiger partial charge < -0.3 is 9.47 Å². The van der Waals surface area contributed by atoms with E-state index in [2.05, 4.69) is 12.1 Å². The van der Waals surface area contributed by atoms with Crippen molar-refractivity contribution in [2.75, 3.05) is 13.2 Å². The molecule has 2 heterocycles. The highest BCUT2D eigenvalue weighted by Crippen LogP contribution is 2.41. The maximum atomic E-state index is 6.12. The summed E-state index contributed by atoms with van der Waals surface area (Å²) in [5.41, 5.74) is 0.776. The van der Waals surface area contributed by atoms with Crippen molar-refractivity contribution in [1.29, 1.82) is 0 Å². The third-order valence-corrected chi connectivity index (χ3v) is 3.41. The first-order valence-electron chi connectivity index (χ1n) is 6.26. The van der Waals surface area contributed by atoms with Crippen molar-refractivity contribution in [2.24, 2.45) is 0 Å². The van der Waals surface area contributed by atoms with Crippen LogP contribution in [-0.4, -0.2) is 30.7 Å². The van der Waals surface area contributed by atoms with E-state index in [4.69, 9.17) is 19.2 Å². The van der Waals surface area contributed by atoms with Crippen molar-refractivity contribution in [3.05, 3.63) is 35.9 Å². The molecule has 4 nitrogen and oxygen atoms in total. The van der Waals surface area contributed by atoms with Crippen molar-refractivity contribution in [3.63, 3.8) is 0 Å². The molecule has 0 aromatic heterocycles. The summed E-state index contributed by atoms with van der Waals surface area (Å²) in [6, 6.07) is 10.3. The standard InChI is InChI=1S/C14H18O4/c1-13(2)17-12-9-15-16-10-14(12,18-13)8-11-6-4-3-5-7-11/h3-7,12H,8-10H2,1-2H3/t12-,14+/m1/s1. The Morgan fingerprint density at radius 2 is 1.94 bits per heavy atom. The third-order valence-electron chi connectivity index (χ3n) is 3.41. The van der Waals surface area contributed by atoms with E-state index < -0.39 is 11.4 Å². The van der Waals surface area contributed by atoms with Crippen LogP contribution in [0.5, 0.6) is 0 Å². The van der Waals surface area contributed by atoms with Crippen LogP contribution in [0.4, 0.5) is 0 Å². The molecule has 0 bridgehead atoms. The Balaban J connectivity index is 1.86. The maximum Gasteiger partial charge on any atom is 0.164 e. The lowest BCUT2D eigenvalue weighted by atomic mass is 9.89. The second kappa shape index (κ2) is 4.31. The molecule has 2 aliphatic rings. The Labute approximate surface area is 107 Å². The van der Waals surface area contributed by atoms with Crippen molar-refractivity contribution in [2.45, 2.75) is 37.8 Å². The molecule has 0 N–H and O–H groups in total. The lowest BCUT2D eigenvalue weighted by molar-refractivity contribution is -0.356. The van der Waals surface area contributed by atoms with Gasteiger partial charge in [0.15, 0.2) is 5.79 Å². The van der Waals surface area contributed by atoms with Crippen LogP contribution >= 0.6 is 0 Å². The first-order valence-corrected chi connectivity index (χ1v) is 6.26. The van der Waals surface area contributed by atoms with Crippen molar-refractivity contribution in [3.8, 4) is 0 Å². The van der Waals surface area contributed by atoms with Crippen LogP contribution in [0, 0.1) is 0 Å². The summed E-state index contributed by atoms with van der Waals surface area (Å²) >= 11 is 0. The molecule has 2 aliphatic heterocycles. The Morgan fingerprint density at radius 3 is 2.72 bits per heavy atom. The van der Waals surface area contributed by atoms with E-state index in [1.807, 2.05) is 32.0 Å². The van der Waals surface area contributed by atoms with Gasteiger partial charge in [-0.05, 0) is 19.4 Å². The lowest BCUT2D eigenvalue weighted by Crippen LogP contribution is -2.52. The highest BCUT2D eigenvalue weighted by Gasteiger charge is 2.55. The minimum absolute atomic E-state index is 0.0820. The second-order valence-electron chi connectivity index (χ2n) is 5.38. The fourth-order valence-electron chi connectivity index (χ4n) is 2.73. The first kappa shape index (κ1) is 12.1. The van der Waals surface area contributed by atoms with Gasteiger partial charge in [0.05, 0.1) is 0 Å². The van der Waals surface area contributed by atoms with Gasteiger partial charge in [-0.25, -0.2) is 9.78 Å². The molecule has 0 unspecified atom stereocenters. The highest BCUT2D eigenvalue weighted by molar-refractivity contribution is 5.19. The molecule has 2 saturated heterocycles. The van der Waals surface area contributed by atoms with Gasteiger partial charge in [-0.3, -0.25) is 0 Å². The van der Waals surface area contributed by atoms with Gasteiger partial charge in [-0.1, -0.05) is 30.3 Å². The van der Waals surface area contributed by atoms with Crippen molar-refractivity contribution < 1.29 is 19.2 Å². The van der Waals surface area contributed by atoms with E-state index >= 15 is 0 Å². The van der Waals surface area contributed by atoms with Crippen LogP contribution in [0.15, 0.2) is 30.3 Å². The SMILES string of the molecule is CC1(C)O[C@@H]2COOC[C@]2(Cc2ccccc2)O1. The molecule has 2 fully saturated rings. The largest absolute Gasteiger partial charge is 0.342 e. The molecular weight excluding hydrogens is 232 g/mol. The Morgan fingerprint density at radius 1 is 1.17 bits per heavy atom. The number of hydrogen-bond acceptors (Lipinski definition) is 4. The summed E-state index contributed by atoms with van der Waals surface area (Å²) in [5, 5.41) is 0. The average Bonchev–Trinajstić information content (AvgIpc) is 2.60. The van der Waals surface area contributed by atoms with E-state index in [1.54, 1.807) is 0 Å². The lowest BCUT2D eigenvalue weighted by Gasteiger charge is -2.35. The molecule has 18 heavy (non-hydrogen) atoms. The van der Waals surface area contributed by atoms with Gasteiger partial charge in [0.2, 0.25) is 0 Å². The molecule has 3 rings (SSSR count).